The topological polar surface area (TPSA) is 46.5 Å². The fourth-order valence-corrected chi connectivity index (χ4v) is 5.30. The van der Waals surface area contributed by atoms with Crippen LogP contribution in [0.2, 0.25) is 0 Å². The Balaban J connectivity index is 0.000000171. The van der Waals surface area contributed by atoms with Crippen molar-refractivity contribution in [2.75, 3.05) is 12.3 Å². The van der Waals surface area contributed by atoms with E-state index in [1.807, 2.05) is 30.0 Å². The Labute approximate surface area is 196 Å². The van der Waals surface area contributed by atoms with Crippen LogP contribution in [0.25, 0.3) is 0 Å². The van der Waals surface area contributed by atoms with E-state index in [1.54, 1.807) is 23.7 Å². The quantitative estimate of drug-likeness (QED) is 0.468. The maximum Gasteiger partial charge on any atom is 0.122 e. The van der Waals surface area contributed by atoms with Gasteiger partial charge in [-0.2, -0.15) is 4.37 Å². The van der Waals surface area contributed by atoms with Gasteiger partial charge in [-0.15, -0.1) is 24.9 Å². The molecule has 1 unspecified atom stereocenters. The van der Waals surface area contributed by atoms with Crippen LogP contribution in [-0.4, -0.2) is 22.4 Å². The molecule has 1 saturated heterocycles. The summed E-state index contributed by atoms with van der Waals surface area (Å²) in [5, 5.41) is 9.76. The smallest absolute Gasteiger partial charge is 0.122 e. The molecule has 1 atom stereocenters. The molecule has 4 rings (SSSR count). The molecule has 2 aliphatic heterocycles. The molecule has 170 valence electrons. The van der Waals surface area contributed by atoms with Crippen LogP contribution < -0.4 is 5.32 Å². The van der Waals surface area contributed by atoms with Gasteiger partial charge in [0, 0.05) is 24.1 Å². The zero-order valence-corrected chi connectivity index (χ0v) is 20.3. The number of allylic oxidation sites excluding steroid dienone is 5. The minimum Gasteiger partial charge on any atom is -0.365 e. The van der Waals surface area contributed by atoms with Gasteiger partial charge in [0.2, 0.25) is 0 Å². The van der Waals surface area contributed by atoms with Gasteiger partial charge >= 0.3 is 0 Å². The van der Waals surface area contributed by atoms with E-state index in [9.17, 15) is 0 Å². The van der Waals surface area contributed by atoms with Crippen LogP contribution in [0.3, 0.4) is 0 Å². The summed E-state index contributed by atoms with van der Waals surface area (Å²) in [7, 11) is 0. The van der Waals surface area contributed by atoms with Crippen molar-refractivity contribution in [3.63, 3.8) is 0 Å². The van der Waals surface area contributed by atoms with Gasteiger partial charge in [-0.3, -0.25) is 5.32 Å². The van der Waals surface area contributed by atoms with Crippen molar-refractivity contribution in [1.29, 1.82) is 0 Å². The molecule has 1 aromatic heterocycles. The number of nitrogens with zero attached hydrogens (tertiary/aromatic N) is 2. The predicted molar refractivity (Wildman–Crippen MR) is 138 cm³/mol. The lowest BCUT2D eigenvalue weighted by Crippen LogP contribution is -2.13. The second-order valence-electron chi connectivity index (χ2n) is 7.62. The average molecular weight is 460 g/mol. The highest BCUT2D eigenvalue weighted by Crippen LogP contribution is 2.32. The van der Waals surface area contributed by atoms with Crippen molar-refractivity contribution >= 4 is 29.0 Å². The van der Waals surface area contributed by atoms with E-state index in [0.717, 1.165) is 25.1 Å². The van der Waals surface area contributed by atoms with Crippen LogP contribution in [0, 0.1) is 0 Å². The van der Waals surface area contributed by atoms with Gasteiger partial charge in [0.15, 0.2) is 0 Å². The number of oxime groups is 1. The molecular weight excluding hydrogens is 422 g/mol. The molecule has 3 heterocycles. The standard InChI is InChI=1S/C9H12N2S2.C8H9NO.C8H16/c1-2-3-7-6-13-11-8(7)9-10-4-5-12-9;1-2-5-8-6-3-4-7-10-9-8;1-2-4-6-8-7-5-3-1/h2,6,9-10H,1,3-5H2;2-4,6-7H,1,5H2;1-8H2. The zero-order chi connectivity index (χ0) is 22.0. The molecule has 0 spiro atoms. The molecular formula is C25H37N3OS2. The minimum absolute atomic E-state index is 0.418. The maximum atomic E-state index is 4.76. The molecule has 1 aromatic rings. The number of hydrogen-bond acceptors (Lipinski definition) is 6. The minimum atomic E-state index is 0.418. The lowest BCUT2D eigenvalue weighted by atomic mass is 10.0. The van der Waals surface area contributed by atoms with Crippen LogP contribution in [0.5, 0.6) is 0 Å². The van der Waals surface area contributed by atoms with Crippen LogP contribution in [-0.2, 0) is 11.3 Å². The largest absolute Gasteiger partial charge is 0.365 e. The first kappa shape index (κ1) is 25.6. The van der Waals surface area contributed by atoms with Crippen LogP contribution >= 0.6 is 23.3 Å². The van der Waals surface area contributed by atoms with Crippen molar-refractivity contribution in [2.45, 2.75) is 69.6 Å². The summed E-state index contributed by atoms with van der Waals surface area (Å²) in [6, 6.07) is 0. The summed E-state index contributed by atoms with van der Waals surface area (Å²) >= 11 is 3.48. The molecule has 0 bridgehead atoms. The molecule has 0 radical (unpaired) electrons. The van der Waals surface area contributed by atoms with Gasteiger partial charge in [-0.05, 0) is 35.7 Å². The molecule has 0 aromatic carbocycles. The van der Waals surface area contributed by atoms with Crippen molar-refractivity contribution in [3.8, 4) is 0 Å². The van der Waals surface area contributed by atoms with E-state index in [1.165, 1.54) is 74.6 Å². The molecule has 4 nitrogen and oxygen atoms in total. The third-order valence-electron chi connectivity index (χ3n) is 5.07. The Hall–Kier alpha value is -1.63. The fourth-order valence-electron chi connectivity index (χ4n) is 3.43. The van der Waals surface area contributed by atoms with Crippen molar-refractivity contribution in [1.82, 2.24) is 9.69 Å². The first-order valence-electron chi connectivity index (χ1n) is 11.4. The van der Waals surface area contributed by atoms with E-state index >= 15 is 0 Å². The molecule has 0 amide bonds. The molecule has 31 heavy (non-hydrogen) atoms. The van der Waals surface area contributed by atoms with Gasteiger partial charge in [-0.1, -0.05) is 74.8 Å². The predicted octanol–water partition coefficient (Wildman–Crippen LogP) is 7.35. The number of aromatic nitrogens is 1. The first-order valence-corrected chi connectivity index (χ1v) is 13.3. The van der Waals surface area contributed by atoms with Crippen molar-refractivity contribution in [3.05, 3.63) is 66.4 Å². The van der Waals surface area contributed by atoms with E-state index in [0.29, 0.717) is 5.37 Å². The maximum absolute atomic E-state index is 4.76. The summed E-state index contributed by atoms with van der Waals surface area (Å²) in [6.45, 7) is 8.45. The average Bonchev–Trinajstić information content (AvgIpc) is 3.37. The van der Waals surface area contributed by atoms with Gasteiger partial charge in [-0.25, -0.2) is 0 Å². The summed E-state index contributed by atoms with van der Waals surface area (Å²) in [4.78, 5) is 4.76. The lowest BCUT2D eigenvalue weighted by molar-refractivity contribution is 0.269. The Morgan fingerprint density at radius 1 is 1.00 bits per heavy atom. The molecule has 1 N–H and O–H groups in total. The van der Waals surface area contributed by atoms with Crippen molar-refractivity contribution < 1.29 is 4.84 Å². The Morgan fingerprint density at radius 3 is 2.26 bits per heavy atom. The summed E-state index contributed by atoms with van der Waals surface area (Å²) < 4.78 is 4.43. The fraction of sp³-hybridized carbons (Fsp3) is 0.520. The molecule has 6 heteroatoms. The van der Waals surface area contributed by atoms with Gasteiger partial charge < -0.3 is 4.84 Å². The highest BCUT2D eigenvalue weighted by molar-refractivity contribution is 7.99. The van der Waals surface area contributed by atoms with E-state index in [-0.39, 0.29) is 0 Å². The van der Waals surface area contributed by atoms with Crippen molar-refractivity contribution in [2.24, 2.45) is 5.16 Å². The van der Waals surface area contributed by atoms with Gasteiger partial charge in [0.1, 0.15) is 6.26 Å². The highest BCUT2D eigenvalue weighted by Gasteiger charge is 2.21. The second-order valence-corrected chi connectivity index (χ2v) is 9.46. The second kappa shape index (κ2) is 17.0. The highest BCUT2D eigenvalue weighted by atomic mass is 32.2. The zero-order valence-electron chi connectivity index (χ0n) is 18.6. The Kier molecular flexibility index (Phi) is 14.0. The summed E-state index contributed by atoms with van der Waals surface area (Å²) in [5.74, 6) is 1.19. The number of thioether (sulfide) groups is 1. The molecule has 1 aliphatic carbocycles. The SMILES string of the molecule is C1CCCCCCC1.C=CCC1=NOC=CC=C1.C=CCc1csnc1C1NCCS1. The third kappa shape index (κ3) is 11.0. The van der Waals surface area contributed by atoms with Crippen LogP contribution in [0.15, 0.2) is 60.3 Å². The van der Waals surface area contributed by atoms with Gasteiger partial charge in [0.25, 0.3) is 0 Å². The molecule has 3 aliphatic rings. The normalized spacial score (nSPS) is 20.4. The number of rotatable bonds is 5. The summed E-state index contributed by atoms with van der Waals surface area (Å²) in [6.07, 6.45) is 24.5. The van der Waals surface area contributed by atoms with E-state index in [4.69, 9.17) is 4.84 Å². The Morgan fingerprint density at radius 2 is 1.68 bits per heavy atom. The summed E-state index contributed by atoms with van der Waals surface area (Å²) in [5.41, 5.74) is 3.43. The van der Waals surface area contributed by atoms with Crippen LogP contribution in [0.1, 0.15) is 74.4 Å². The van der Waals surface area contributed by atoms with E-state index in [2.05, 4.69) is 33.4 Å². The molecule has 1 saturated carbocycles. The van der Waals surface area contributed by atoms with Crippen LogP contribution in [0.4, 0.5) is 0 Å². The molecule has 2 fully saturated rings. The monoisotopic (exact) mass is 459 g/mol. The Bertz CT molecular complexity index is 694. The first-order chi connectivity index (χ1) is 15.3. The third-order valence-corrected chi connectivity index (χ3v) is 6.92. The van der Waals surface area contributed by atoms with Gasteiger partial charge in [0.05, 0.1) is 16.8 Å². The van der Waals surface area contributed by atoms with E-state index < -0.39 is 0 Å². The number of nitrogens with one attached hydrogen (secondary N) is 1. The lowest BCUT2D eigenvalue weighted by Gasteiger charge is -2.07. The number of hydrogen-bond donors (Lipinski definition) is 1.